The van der Waals surface area contributed by atoms with Crippen molar-refractivity contribution in [3.63, 3.8) is 0 Å². The maximum atomic E-state index is 14.0. The number of carbonyl (C=O) groups is 1. The molecule has 2 N–H and O–H groups in total. The van der Waals surface area contributed by atoms with Gasteiger partial charge in [0.25, 0.3) is 5.91 Å². The van der Waals surface area contributed by atoms with Gasteiger partial charge in [0, 0.05) is 25.5 Å². The zero-order valence-electron chi connectivity index (χ0n) is 21.0. The average Bonchev–Trinajstić information content (AvgIpc) is 2.91. The summed E-state index contributed by atoms with van der Waals surface area (Å²) in [4.78, 5) is 17.1. The summed E-state index contributed by atoms with van der Waals surface area (Å²) in [5, 5.41) is 9.60. The van der Waals surface area contributed by atoms with E-state index in [1.165, 1.54) is 16.4 Å². The van der Waals surface area contributed by atoms with E-state index in [2.05, 4.69) is 11.9 Å². The van der Waals surface area contributed by atoms with Gasteiger partial charge in [-0.05, 0) is 86.4 Å². The summed E-state index contributed by atoms with van der Waals surface area (Å²) in [6, 6.07) is 8.55. The van der Waals surface area contributed by atoms with Crippen LogP contribution in [0.5, 0.6) is 5.75 Å². The number of amides is 1. The second kappa shape index (κ2) is 13.7. The minimum absolute atomic E-state index is 0.0384. The largest absolute Gasteiger partial charge is 0.494 e. The first-order chi connectivity index (χ1) is 17.4. The standard InChI is InChI=1S/C26H37N3O6S/c1-3-17-34-22-7-5-21(6-8-22)25(26(30)28-31)29(19-20-13-15-27-16-14-20)36(32,33)24-11-9-23(10-12-24)35-18-4-2/h9-16,21-22,25,31H,3-8,17-19H2,1-2H3,(H,28,30). The van der Waals surface area contributed by atoms with Gasteiger partial charge in [0.15, 0.2) is 0 Å². The fraction of sp³-hybridized carbons (Fsp3) is 0.538. The van der Waals surface area contributed by atoms with Crippen LogP contribution in [0.2, 0.25) is 0 Å². The van der Waals surface area contributed by atoms with E-state index in [4.69, 9.17) is 9.47 Å². The molecular formula is C26H37N3O6S. The molecule has 0 aliphatic heterocycles. The molecule has 0 saturated heterocycles. The highest BCUT2D eigenvalue weighted by Gasteiger charge is 2.42. The van der Waals surface area contributed by atoms with E-state index in [9.17, 15) is 18.4 Å². The quantitative estimate of drug-likeness (QED) is 0.304. The lowest BCUT2D eigenvalue weighted by Gasteiger charge is -2.38. The maximum Gasteiger partial charge on any atom is 0.262 e. The predicted molar refractivity (Wildman–Crippen MR) is 135 cm³/mol. The van der Waals surface area contributed by atoms with Crippen LogP contribution in [0.1, 0.15) is 57.9 Å². The van der Waals surface area contributed by atoms with Gasteiger partial charge in [0.05, 0.1) is 17.6 Å². The summed E-state index contributed by atoms with van der Waals surface area (Å²) in [5.41, 5.74) is 2.41. The summed E-state index contributed by atoms with van der Waals surface area (Å²) < 4.78 is 40.6. The zero-order chi connectivity index (χ0) is 26.0. The summed E-state index contributed by atoms with van der Waals surface area (Å²) in [6.45, 7) is 5.21. The second-order valence-corrected chi connectivity index (χ2v) is 10.9. The minimum Gasteiger partial charge on any atom is -0.494 e. The Bertz CT molecular complexity index is 1040. The first-order valence-corrected chi connectivity index (χ1v) is 14.0. The highest BCUT2D eigenvalue weighted by Crippen LogP contribution is 2.34. The van der Waals surface area contributed by atoms with Gasteiger partial charge in [-0.2, -0.15) is 4.31 Å². The van der Waals surface area contributed by atoms with Crippen LogP contribution in [0.4, 0.5) is 0 Å². The van der Waals surface area contributed by atoms with E-state index in [1.54, 1.807) is 42.1 Å². The molecule has 1 amide bonds. The third-order valence-corrected chi connectivity index (χ3v) is 8.24. The number of rotatable bonds is 13. The van der Waals surface area contributed by atoms with Crippen molar-refractivity contribution in [2.45, 2.75) is 76.0 Å². The maximum absolute atomic E-state index is 14.0. The van der Waals surface area contributed by atoms with E-state index in [0.717, 1.165) is 25.7 Å². The van der Waals surface area contributed by atoms with Crippen LogP contribution in [-0.2, 0) is 26.1 Å². The number of hydrogen-bond acceptors (Lipinski definition) is 7. The van der Waals surface area contributed by atoms with Crippen LogP contribution >= 0.6 is 0 Å². The van der Waals surface area contributed by atoms with Crippen molar-refractivity contribution in [1.82, 2.24) is 14.8 Å². The van der Waals surface area contributed by atoms with Crippen molar-refractivity contribution >= 4 is 15.9 Å². The van der Waals surface area contributed by atoms with Crippen LogP contribution in [0, 0.1) is 5.92 Å². The predicted octanol–water partition coefficient (Wildman–Crippen LogP) is 3.92. The number of benzene rings is 1. The van der Waals surface area contributed by atoms with Crippen LogP contribution < -0.4 is 10.2 Å². The van der Waals surface area contributed by atoms with Crippen molar-refractivity contribution < 1.29 is 27.9 Å². The molecular weight excluding hydrogens is 482 g/mol. The number of pyridine rings is 1. The Labute approximate surface area is 213 Å². The van der Waals surface area contributed by atoms with Crippen molar-refractivity contribution in [2.75, 3.05) is 13.2 Å². The normalized spacial score (nSPS) is 19.1. The zero-order valence-corrected chi connectivity index (χ0v) is 21.8. The lowest BCUT2D eigenvalue weighted by Crippen LogP contribution is -2.53. The van der Waals surface area contributed by atoms with Gasteiger partial charge in [-0.15, -0.1) is 0 Å². The number of nitrogens with zero attached hydrogens (tertiary/aromatic N) is 2. The Morgan fingerprint density at radius 2 is 1.69 bits per heavy atom. The van der Waals surface area contributed by atoms with Gasteiger partial charge in [-0.25, -0.2) is 13.9 Å². The molecule has 2 aromatic rings. The molecule has 0 radical (unpaired) electrons. The molecule has 0 spiro atoms. The highest BCUT2D eigenvalue weighted by molar-refractivity contribution is 7.89. The molecule has 10 heteroatoms. The molecule has 1 aromatic heterocycles. The van der Waals surface area contributed by atoms with Crippen molar-refractivity contribution in [1.29, 1.82) is 0 Å². The molecule has 1 aliphatic rings. The number of nitrogens with one attached hydrogen (secondary N) is 1. The number of ether oxygens (including phenoxy) is 2. The van der Waals surface area contributed by atoms with E-state index >= 15 is 0 Å². The molecule has 1 aromatic carbocycles. The molecule has 9 nitrogen and oxygen atoms in total. The van der Waals surface area contributed by atoms with Crippen LogP contribution in [0.3, 0.4) is 0 Å². The molecule has 1 aliphatic carbocycles. The van der Waals surface area contributed by atoms with Crippen molar-refractivity contribution in [2.24, 2.45) is 5.92 Å². The lowest BCUT2D eigenvalue weighted by atomic mass is 9.82. The molecule has 1 saturated carbocycles. The fourth-order valence-electron chi connectivity index (χ4n) is 4.57. The third-order valence-electron chi connectivity index (χ3n) is 6.40. The number of hydroxylamine groups is 1. The fourth-order valence-corrected chi connectivity index (χ4v) is 6.20. The van der Waals surface area contributed by atoms with Gasteiger partial charge < -0.3 is 9.47 Å². The minimum atomic E-state index is -4.11. The average molecular weight is 520 g/mol. The highest BCUT2D eigenvalue weighted by atomic mass is 32.2. The van der Waals surface area contributed by atoms with E-state index in [-0.39, 0.29) is 23.5 Å². The summed E-state index contributed by atoms with van der Waals surface area (Å²) >= 11 is 0. The molecule has 1 unspecified atom stereocenters. The van der Waals surface area contributed by atoms with Crippen molar-refractivity contribution in [3.05, 3.63) is 54.4 Å². The van der Waals surface area contributed by atoms with Crippen LogP contribution in [0.25, 0.3) is 0 Å². The molecule has 198 valence electrons. The Hall–Kier alpha value is -2.53. The van der Waals surface area contributed by atoms with E-state index in [0.29, 0.717) is 37.4 Å². The molecule has 3 rings (SSSR count). The second-order valence-electron chi connectivity index (χ2n) is 9.05. The Balaban J connectivity index is 1.94. The Morgan fingerprint density at radius 1 is 1.06 bits per heavy atom. The van der Waals surface area contributed by atoms with Gasteiger partial charge in [0.1, 0.15) is 11.8 Å². The van der Waals surface area contributed by atoms with Gasteiger partial charge >= 0.3 is 0 Å². The Morgan fingerprint density at radius 3 is 2.28 bits per heavy atom. The lowest BCUT2D eigenvalue weighted by molar-refractivity contribution is -0.136. The third kappa shape index (κ3) is 7.25. The van der Waals surface area contributed by atoms with E-state index < -0.39 is 22.0 Å². The molecule has 0 bridgehead atoms. The molecule has 1 fully saturated rings. The van der Waals surface area contributed by atoms with Gasteiger partial charge in [0.2, 0.25) is 10.0 Å². The molecule has 1 atom stereocenters. The number of sulfonamides is 1. The molecule has 1 heterocycles. The molecule has 36 heavy (non-hydrogen) atoms. The van der Waals surface area contributed by atoms with E-state index in [1.807, 2.05) is 6.92 Å². The number of carbonyl (C=O) groups excluding carboxylic acids is 1. The summed E-state index contributed by atoms with van der Waals surface area (Å²) in [7, 11) is -4.11. The summed E-state index contributed by atoms with van der Waals surface area (Å²) in [5.74, 6) is -0.442. The van der Waals surface area contributed by atoms with Crippen LogP contribution in [-0.4, -0.2) is 54.2 Å². The van der Waals surface area contributed by atoms with Crippen molar-refractivity contribution in [3.8, 4) is 5.75 Å². The van der Waals surface area contributed by atoms with Gasteiger partial charge in [-0.1, -0.05) is 13.8 Å². The number of aromatic nitrogens is 1. The monoisotopic (exact) mass is 519 g/mol. The first kappa shape index (κ1) is 28.0. The SMILES string of the molecule is CCCOc1ccc(S(=O)(=O)N(Cc2ccncc2)C(C(=O)NO)C2CCC(OCCC)CC2)cc1. The summed E-state index contributed by atoms with van der Waals surface area (Å²) in [6.07, 6.45) is 7.70. The smallest absolute Gasteiger partial charge is 0.262 e. The number of hydrogen-bond donors (Lipinski definition) is 2. The Kier molecular flexibility index (Phi) is 10.7. The van der Waals surface area contributed by atoms with Crippen LogP contribution in [0.15, 0.2) is 53.7 Å². The first-order valence-electron chi connectivity index (χ1n) is 12.6. The van der Waals surface area contributed by atoms with Gasteiger partial charge in [-0.3, -0.25) is 15.0 Å². The topological polar surface area (TPSA) is 118 Å².